The molecule has 0 aliphatic carbocycles. The molecule has 0 aliphatic rings. The summed E-state index contributed by atoms with van der Waals surface area (Å²) in [6, 6.07) is 7.94. The van der Waals surface area contributed by atoms with Gasteiger partial charge in [-0.2, -0.15) is 0 Å². The van der Waals surface area contributed by atoms with Crippen molar-refractivity contribution in [3.63, 3.8) is 0 Å². The van der Waals surface area contributed by atoms with E-state index in [1.165, 1.54) is 0 Å². The second-order valence-corrected chi connectivity index (χ2v) is 5.37. The van der Waals surface area contributed by atoms with Gasteiger partial charge in [0.15, 0.2) is 0 Å². The van der Waals surface area contributed by atoms with Crippen molar-refractivity contribution in [3.8, 4) is 0 Å². The maximum absolute atomic E-state index is 11.5. The highest BCUT2D eigenvalue weighted by molar-refractivity contribution is 9.10. The number of hydrogen-bond donors (Lipinski definition) is 0. The molecule has 0 fully saturated rings. The highest BCUT2D eigenvalue weighted by atomic mass is 79.9. The van der Waals surface area contributed by atoms with Gasteiger partial charge in [0, 0.05) is 26.8 Å². The van der Waals surface area contributed by atoms with Gasteiger partial charge in [-0.25, -0.2) is 0 Å². The fourth-order valence-corrected chi connectivity index (χ4v) is 2.60. The minimum absolute atomic E-state index is 0.629. The molecular weight excluding hydrogens is 260 g/mol. The first-order valence-corrected chi connectivity index (χ1v) is 6.71. The van der Waals surface area contributed by atoms with Crippen LogP contribution in [0.5, 0.6) is 0 Å². The number of rotatable bonds is 4. The molecule has 0 saturated heterocycles. The van der Waals surface area contributed by atoms with Crippen molar-refractivity contribution < 1.29 is 4.21 Å². The lowest BCUT2D eigenvalue weighted by Gasteiger charge is -2.00. The van der Waals surface area contributed by atoms with Gasteiger partial charge in [0.1, 0.15) is 0 Å². The molecule has 0 amide bonds. The van der Waals surface area contributed by atoms with Gasteiger partial charge in [-0.3, -0.25) is 4.21 Å². The lowest BCUT2D eigenvalue weighted by atomic mass is 10.2. The van der Waals surface area contributed by atoms with Crippen molar-refractivity contribution in [1.82, 2.24) is 0 Å². The molecule has 1 nitrogen and oxygen atoms in total. The van der Waals surface area contributed by atoms with Crippen LogP contribution in [0.15, 0.2) is 40.9 Å². The summed E-state index contributed by atoms with van der Waals surface area (Å²) in [5.41, 5.74) is 1.11. The molecule has 0 saturated carbocycles. The Balaban J connectivity index is 2.56. The minimum atomic E-state index is -0.787. The highest BCUT2D eigenvalue weighted by Gasteiger charge is 1.99. The van der Waals surface area contributed by atoms with Gasteiger partial charge in [0.2, 0.25) is 0 Å². The van der Waals surface area contributed by atoms with Gasteiger partial charge < -0.3 is 0 Å². The predicted molar refractivity (Wildman–Crippen MR) is 65.7 cm³/mol. The van der Waals surface area contributed by atoms with E-state index >= 15 is 0 Å². The normalized spacial score (nSPS) is 13.3. The van der Waals surface area contributed by atoms with Crippen LogP contribution in [0, 0.1) is 0 Å². The lowest BCUT2D eigenvalue weighted by Crippen LogP contribution is -1.98. The Morgan fingerprint density at radius 2 is 2.29 bits per heavy atom. The van der Waals surface area contributed by atoms with E-state index < -0.39 is 10.8 Å². The maximum Gasteiger partial charge on any atom is 0.0489 e. The quantitative estimate of drug-likeness (QED) is 0.769. The van der Waals surface area contributed by atoms with Crippen LogP contribution in [0.3, 0.4) is 0 Å². The zero-order valence-electron chi connectivity index (χ0n) is 8.07. The first-order valence-electron chi connectivity index (χ1n) is 4.43. The summed E-state index contributed by atoms with van der Waals surface area (Å²) in [6.45, 7) is 1.94. The summed E-state index contributed by atoms with van der Waals surface area (Å²) >= 11 is 3.39. The van der Waals surface area contributed by atoms with Crippen LogP contribution in [0.2, 0.25) is 0 Å². The second kappa shape index (κ2) is 6.14. The Kier molecular flexibility index (Phi) is 5.12. The molecule has 0 N–H and O–H groups in total. The molecule has 0 aromatic heterocycles. The minimum Gasteiger partial charge on any atom is -0.259 e. The molecule has 14 heavy (non-hydrogen) atoms. The molecule has 1 rings (SSSR count). The van der Waals surface area contributed by atoms with Crippen molar-refractivity contribution in [3.05, 3.63) is 46.5 Å². The maximum atomic E-state index is 11.5. The van der Waals surface area contributed by atoms with E-state index in [0.29, 0.717) is 11.5 Å². The summed E-state index contributed by atoms with van der Waals surface area (Å²) < 4.78 is 12.6. The van der Waals surface area contributed by atoms with Crippen molar-refractivity contribution in [2.75, 3.05) is 5.75 Å². The third kappa shape index (κ3) is 4.20. The van der Waals surface area contributed by atoms with Crippen molar-refractivity contribution in [2.45, 2.75) is 12.7 Å². The van der Waals surface area contributed by atoms with Crippen LogP contribution < -0.4 is 0 Å². The largest absolute Gasteiger partial charge is 0.259 e. The zero-order valence-corrected chi connectivity index (χ0v) is 10.5. The van der Waals surface area contributed by atoms with Crippen molar-refractivity contribution in [1.29, 1.82) is 0 Å². The zero-order chi connectivity index (χ0) is 10.4. The van der Waals surface area contributed by atoms with Crippen LogP contribution in [-0.2, 0) is 16.6 Å². The monoisotopic (exact) mass is 272 g/mol. The molecule has 1 atom stereocenters. The highest BCUT2D eigenvalue weighted by Crippen LogP contribution is 2.13. The van der Waals surface area contributed by atoms with Crippen LogP contribution in [0.4, 0.5) is 0 Å². The van der Waals surface area contributed by atoms with Gasteiger partial charge in [0.05, 0.1) is 0 Å². The van der Waals surface area contributed by atoms with Crippen molar-refractivity contribution >= 4 is 26.7 Å². The van der Waals surface area contributed by atoms with E-state index in [-0.39, 0.29) is 0 Å². The molecule has 76 valence electrons. The molecule has 0 spiro atoms. The Morgan fingerprint density at radius 3 is 2.93 bits per heavy atom. The molecule has 1 aromatic rings. The summed E-state index contributed by atoms with van der Waals surface area (Å²) in [6.07, 6.45) is 3.87. The SMILES string of the molecule is C/C=C/CS(=O)Cc1cccc(Br)c1. The van der Waals surface area contributed by atoms with Crippen LogP contribution in [0.25, 0.3) is 0 Å². The Morgan fingerprint density at radius 1 is 1.50 bits per heavy atom. The molecule has 0 radical (unpaired) electrons. The van der Waals surface area contributed by atoms with Gasteiger partial charge in [-0.15, -0.1) is 0 Å². The second-order valence-electron chi connectivity index (χ2n) is 2.95. The molecule has 1 unspecified atom stereocenters. The van der Waals surface area contributed by atoms with E-state index in [9.17, 15) is 4.21 Å². The number of allylic oxidation sites excluding steroid dienone is 1. The fourth-order valence-electron chi connectivity index (χ4n) is 1.08. The molecule has 0 heterocycles. The topological polar surface area (TPSA) is 17.1 Å². The van der Waals surface area contributed by atoms with E-state index in [2.05, 4.69) is 15.9 Å². The van der Waals surface area contributed by atoms with Gasteiger partial charge in [-0.05, 0) is 24.6 Å². The van der Waals surface area contributed by atoms with Gasteiger partial charge in [0.25, 0.3) is 0 Å². The molecule has 0 aliphatic heterocycles. The molecule has 3 heteroatoms. The van der Waals surface area contributed by atoms with Crippen LogP contribution in [-0.4, -0.2) is 9.96 Å². The van der Waals surface area contributed by atoms with Gasteiger partial charge >= 0.3 is 0 Å². The number of benzene rings is 1. The predicted octanol–water partition coefficient (Wildman–Crippen LogP) is 3.27. The third-order valence-corrected chi connectivity index (χ3v) is 3.45. The summed E-state index contributed by atoms with van der Waals surface area (Å²) in [5, 5.41) is 0. The van der Waals surface area contributed by atoms with Crippen molar-refractivity contribution in [2.24, 2.45) is 0 Å². The summed E-state index contributed by atoms with van der Waals surface area (Å²) in [5.74, 6) is 1.27. The van der Waals surface area contributed by atoms with Crippen LogP contribution in [0.1, 0.15) is 12.5 Å². The average molecular weight is 273 g/mol. The molecule has 0 bridgehead atoms. The van der Waals surface area contributed by atoms with E-state index in [1.807, 2.05) is 43.3 Å². The lowest BCUT2D eigenvalue weighted by molar-refractivity contribution is 0.684. The van der Waals surface area contributed by atoms with E-state index in [1.54, 1.807) is 0 Å². The van der Waals surface area contributed by atoms with E-state index in [0.717, 1.165) is 10.0 Å². The first kappa shape index (κ1) is 11.7. The Hall–Kier alpha value is -0.410. The van der Waals surface area contributed by atoms with E-state index in [4.69, 9.17) is 0 Å². The average Bonchev–Trinajstić information content (AvgIpc) is 2.15. The molecular formula is C11H13BrOS. The Labute approximate surface area is 95.8 Å². The van der Waals surface area contributed by atoms with Gasteiger partial charge in [-0.1, -0.05) is 40.2 Å². The fraction of sp³-hybridized carbons (Fsp3) is 0.273. The molecule has 1 aromatic carbocycles. The third-order valence-electron chi connectivity index (χ3n) is 1.73. The number of halogens is 1. The summed E-state index contributed by atoms with van der Waals surface area (Å²) in [7, 11) is -0.787. The standard InChI is InChI=1S/C11H13BrOS/c1-2-3-7-14(13)9-10-5-4-6-11(12)8-10/h2-6,8H,7,9H2,1H3/b3-2+. The first-order chi connectivity index (χ1) is 6.72. The summed E-state index contributed by atoms with van der Waals surface area (Å²) in [4.78, 5) is 0. The smallest absolute Gasteiger partial charge is 0.0489 e. The Bertz CT molecular complexity index is 347. The number of hydrogen-bond acceptors (Lipinski definition) is 1. The van der Waals surface area contributed by atoms with Crippen LogP contribution >= 0.6 is 15.9 Å².